The number of imide groups is 1. The number of rotatable bonds is 5. The number of likely N-dealkylation sites (tertiary alicyclic amines) is 1. The van der Waals surface area contributed by atoms with Crippen LogP contribution < -0.4 is 10.1 Å². The fourth-order valence-electron chi connectivity index (χ4n) is 5.61. The van der Waals surface area contributed by atoms with Crippen LogP contribution in [0.3, 0.4) is 0 Å². The van der Waals surface area contributed by atoms with E-state index in [-0.39, 0.29) is 35.7 Å². The molecule has 9 nitrogen and oxygen atoms in total. The first kappa shape index (κ1) is 25.6. The van der Waals surface area contributed by atoms with Crippen LogP contribution >= 0.6 is 0 Å². The number of fused-ring (bicyclic) bond motifs is 1. The van der Waals surface area contributed by atoms with Crippen LogP contribution in [0.2, 0.25) is 0 Å². The van der Waals surface area contributed by atoms with Gasteiger partial charge in [0.15, 0.2) is 0 Å². The zero-order valence-electron chi connectivity index (χ0n) is 21.4. The number of amides is 4. The summed E-state index contributed by atoms with van der Waals surface area (Å²) in [4.78, 5) is 66.2. The summed E-state index contributed by atoms with van der Waals surface area (Å²) in [5.74, 6) is -1.17. The van der Waals surface area contributed by atoms with Crippen LogP contribution in [0, 0.1) is 0 Å². The third kappa shape index (κ3) is 5.18. The summed E-state index contributed by atoms with van der Waals surface area (Å²) in [5, 5.41) is 3.01. The summed E-state index contributed by atoms with van der Waals surface area (Å²) < 4.78 is 5.07. The molecule has 0 radical (unpaired) electrons. The van der Waals surface area contributed by atoms with Gasteiger partial charge in [-0.3, -0.25) is 28.9 Å². The summed E-state index contributed by atoms with van der Waals surface area (Å²) in [5.41, 5.74) is 1.44. The van der Waals surface area contributed by atoms with Crippen molar-refractivity contribution >= 4 is 29.6 Å². The summed E-state index contributed by atoms with van der Waals surface area (Å²) in [6, 6.07) is 11.0. The second kappa shape index (κ2) is 10.8. The van der Waals surface area contributed by atoms with Crippen LogP contribution in [0.1, 0.15) is 93.3 Å². The fraction of sp³-hybridized carbons (Fsp3) is 0.414. The molecular formula is C29H31N3O6. The maximum Gasteiger partial charge on any atom is 0.308 e. The summed E-state index contributed by atoms with van der Waals surface area (Å²) in [6.07, 6.45) is 5.97. The minimum Gasteiger partial charge on any atom is -0.427 e. The summed E-state index contributed by atoms with van der Waals surface area (Å²) >= 11 is 0. The lowest BCUT2D eigenvalue weighted by molar-refractivity contribution is -0.131. The van der Waals surface area contributed by atoms with Crippen molar-refractivity contribution in [2.24, 2.45) is 0 Å². The molecule has 2 fully saturated rings. The molecule has 0 aromatic heterocycles. The molecule has 3 aliphatic rings. The fourth-order valence-corrected chi connectivity index (χ4v) is 5.61. The van der Waals surface area contributed by atoms with E-state index >= 15 is 0 Å². The SMILES string of the molecule is CC(=O)Oc1cccc(C(=O)N2CCC(NC(=O)c3ccc4c(c3)C(=O)N(C3CCCCC3)C4=O)CC2)c1. The number of nitrogens with zero attached hydrogens (tertiary/aromatic N) is 2. The maximum absolute atomic E-state index is 13.1. The average molecular weight is 518 g/mol. The molecule has 2 heterocycles. The molecule has 2 aromatic rings. The number of nitrogens with one attached hydrogen (secondary N) is 1. The lowest BCUT2D eigenvalue weighted by Gasteiger charge is -2.32. The Balaban J connectivity index is 1.18. The number of hydrogen-bond donors (Lipinski definition) is 1. The van der Waals surface area contributed by atoms with Crippen molar-refractivity contribution < 1.29 is 28.7 Å². The summed E-state index contributed by atoms with van der Waals surface area (Å²) in [6.45, 7) is 2.24. The number of esters is 1. The van der Waals surface area contributed by atoms with Gasteiger partial charge < -0.3 is 15.0 Å². The van der Waals surface area contributed by atoms with Crippen LogP contribution in [0.25, 0.3) is 0 Å². The maximum atomic E-state index is 13.1. The van der Waals surface area contributed by atoms with Crippen LogP contribution in [-0.2, 0) is 4.79 Å². The topological polar surface area (TPSA) is 113 Å². The molecule has 1 aliphatic carbocycles. The average Bonchev–Trinajstić information content (AvgIpc) is 3.18. The highest BCUT2D eigenvalue weighted by atomic mass is 16.5. The predicted molar refractivity (Wildman–Crippen MR) is 138 cm³/mol. The van der Waals surface area contributed by atoms with Gasteiger partial charge in [-0.1, -0.05) is 25.3 Å². The normalized spacial score (nSPS) is 18.3. The zero-order valence-corrected chi connectivity index (χ0v) is 21.4. The Kier molecular flexibility index (Phi) is 7.26. The highest BCUT2D eigenvalue weighted by molar-refractivity contribution is 6.22. The highest BCUT2D eigenvalue weighted by Crippen LogP contribution is 2.31. The minimum atomic E-state index is -0.452. The first-order valence-electron chi connectivity index (χ1n) is 13.2. The molecule has 2 aromatic carbocycles. The van der Waals surface area contributed by atoms with Crippen LogP contribution in [-0.4, -0.2) is 64.6 Å². The van der Waals surface area contributed by atoms with E-state index in [1.807, 2.05) is 0 Å². The Labute approximate surface area is 221 Å². The van der Waals surface area contributed by atoms with E-state index in [4.69, 9.17) is 4.74 Å². The second-order valence-electron chi connectivity index (χ2n) is 10.2. The third-order valence-corrected chi connectivity index (χ3v) is 7.58. The standard InChI is InChI=1S/C29H31N3O6/c1-18(33)38-23-9-5-6-20(16-23)27(35)31-14-12-21(13-15-31)30-26(34)19-10-11-24-25(17-19)29(37)32(28(24)36)22-7-3-2-4-8-22/h5-6,9-11,16-17,21-22H,2-4,7-8,12-15H2,1H3,(H,30,34). The molecule has 9 heteroatoms. The molecular weight excluding hydrogens is 486 g/mol. The summed E-state index contributed by atoms with van der Waals surface area (Å²) in [7, 11) is 0. The van der Waals surface area contributed by atoms with Gasteiger partial charge in [0.1, 0.15) is 5.75 Å². The van der Waals surface area contributed by atoms with Gasteiger partial charge >= 0.3 is 5.97 Å². The van der Waals surface area contributed by atoms with E-state index in [9.17, 15) is 24.0 Å². The van der Waals surface area contributed by atoms with Gasteiger partial charge in [0, 0.05) is 43.2 Å². The van der Waals surface area contributed by atoms with Crippen LogP contribution in [0.5, 0.6) is 5.75 Å². The Morgan fingerprint density at radius 2 is 1.55 bits per heavy atom. The van der Waals surface area contributed by atoms with Gasteiger partial charge in [-0.2, -0.15) is 0 Å². The molecule has 38 heavy (non-hydrogen) atoms. The number of piperidine rings is 1. The second-order valence-corrected chi connectivity index (χ2v) is 10.2. The van der Waals surface area contributed by atoms with Crippen LogP contribution in [0.4, 0.5) is 0 Å². The Hall–Kier alpha value is -4.01. The monoisotopic (exact) mass is 517 g/mol. The Morgan fingerprint density at radius 1 is 0.842 bits per heavy atom. The quantitative estimate of drug-likeness (QED) is 0.369. The van der Waals surface area contributed by atoms with Gasteiger partial charge in [0.05, 0.1) is 11.1 Å². The lowest BCUT2D eigenvalue weighted by Crippen LogP contribution is -2.46. The smallest absolute Gasteiger partial charge is 0.308 e. The number of benzene rings is 2. The van der Waals surface area contributed by atoms with Gasteiger partial charge in [-0.25, -0.2) is 0 Å². The molecule has 1 N–H and O–H groups in total. The van der Waals surface area contributed by atoms with Crippen molar-refractivity contribution in [1.82, 2.24) is 15.1 Å². The van der Waals surface area contributed by atoms with Crippen molar-refractivity contribution in [1.29, 1.82) is 0 Å². The number of hydrogen-bond acceptors (Lipinski definition) is 6. The third-order valence-electron chi connectivity index (χ3n) is 7.58. The van der Waals surface area contributed by atoms with E-state index in [0.717, 1.165) is 32.1 Å². The lowest BCUT2D eigenvalue weighted by atomic mass is 9.94. The molecule has 2 aliphatic heterocycles. The van der Waals surface area contributed by atoms with Gasteiger partial charge in [-0.05, 0) is 62.1 Å². The molecule has 1 saturated carbocycles. The van der Waals surface area contributed by atoms with E-state index in [2.05, 4.69) is 5.32 Å². The van der Waals surface area contributed by atoms with Crippen molar-refractivity contribution in [2.45, 2.75) is 64.0 Å². The highest BCUT2D eigenvalue weighted by Gasteiger charge is 2.40. The first-order valence-corrected chi connectivity index (χ1v) is 13.2. The van der Waals surface area contributed by atoms with Crippen molar-refractivity contribution in [3.05, 3.63) is 64.7 Å². The molecule has 0 atom stereocenters. The number of ether oxygens (including phenoxy) is 1. The molecule has 0 spiro atoms. The zero-order chi connectivity index (χ0) is 26.8. The van der Waals surface area contributed by atoms with E-state index in [0.29, 0.717) is 53.9 Å². The predicted octanol–water partition coefficient (Wildman–Crippen LogP) is 3.58. The Morgan fingerprint density at radius 3 is 2.26 bits per heavy atom. The minimum absolute atomic E-state index is 0.0644. The number of carbonyl (C=O) groups excluding carboxylic acids is 5. The van der Waals surface area contributed by atoms with Crippen molar-refractivity contribution in [3.8, 4) is 5.75 Å². The van der Waals surface area contributed by atoms with Gasteiger partial charge in [0.2, 0.25) is 0 Å². The molecule has 5 rings (SSSR count). The van der Waals surface area contributed by atoms with E-state index < -0.39 is 5.97 Å². The van der Waals surface area contributed by atoms with E-state index in [1.54, 1.807) is 41.3 Å². The first-order chi connectivity index (χ1) is 18.3. The van der Waals surface area contributed by atoms with Crippen LogP contribution in [0.15, 0.2) is 42.5 Å². The molecule has 4 amide bonds. The Bertz CT molecular complexity index is 1290. The van der Waals surface area contributed by atoms with Gasteiger partial charge in [0.25, 0.3) is 23.6 Å². The molecule has 1 saturated heterocycles. The molecule has 0 unspecified atom stereocenters. The molecule has 0 bridgehead atoms. The van der Waals surface area contributed by atoms with Crippen molar-refractivity contribution in [3.63, 3.8) is 0 Å². The largest absolute Gasteiger partial charge is 0.427 e. The van der Waals surface area contributed by atoms with Gasteiger partial charge in [-0.15, -0.1) is 0 Å². The van der Waals surface area contributed by atoms with Crippen molar-refractivity contribution in [2.75, 3.05) is 13.1 Å². The molecule has 198 valence electrons. The number of carbonyl (C=O) groups is 5. The van der Waals surface area contributed by atoms with E-state index in [1.165, 1.54) is 17.9 Å².